The molecule has 18 heavy (non-hydrogen) atoms. The topological polar surface area (TPSA) is 21.3 Å². The molecule has 2 rings (SSSR count). The van der Waals surface area contributed by atoms with Gasteiger partial charge in [0.2, 0.25) is 0 Å². The minimum Gasteiger partial charge on any atom is -0.497 e. The quantitative estimate of drug-likeness (QED) is 0.888. The lowest BCUT2D eigenvalue weighted by atomic mass is 10.1. The third-order valence-corrected chi connectivity index (χ3v) is 3.23. The summed E-state index contributed by atoms with van der Waals surface area (Å²) in [6.07, 6.45) is 0. The fraction of sp³-hybridized carbons (Fsp3) is 0.200. The summed E-state index contributed by atoms with van der Waals surface area (Å²) in [4.78, 5) is 0. The van der Waals surface area contributed by atoms with E-state index in [0.717, 1.165) is 18.0 Å². The summed E-state index contributed by atoms with van der Waals surface area (Å²) in [6, 6.07) is 13.9. The van der Waals surface area contributed by atoms with Crippen LogP contribution in [0.25, 0.3) is 0 Å². The molecule has 0 aliphatic heterocycles. The molecule has 0 aliphatic carbocycles. The van der Waals surface area contributed by atoms with E-state index in [9.17, 15) is 0 Å². The van der Waals surface area contributed by atoms with Crippen LogP contribution in [0.5, 0.6) is 5.75 Å². The number of methoxy groups -OCH3 is 1. The van der Waals surface area contributed by atoms with E-state index >= 15 is 0 Å². The second-order valence-electron chi connectivity index (χ2n) is 4.13. The van der Waals surface area contributed by atoms with E-state index in [1.165, 1.54) is 11.1 Å². The van der Waals surface area contributed by atoms with E-state index in [-0.39, 0.29) is 0 Å². The lowest BCUT2D eigenvalue weighted by Crippen LogP contribution is -2.01. The van der Waals surface area contributed by atoms with Crippen LogP contribution < -0.4 is 10.1 Å². The molecule has 2 aromatic carbocycles. The summed E-state index contributed by atoms with van der Waals surface area (Å²) in [5.74, 6) is 0.798. The van der Waals surface area contributed by atoms with Gasteiger partial charge in [0.05, 0.1) is 17.8 Å². The minimum atomic E-state index is 0.699. The Hall–Kier alpha value is -1.67. The van der Waals surface area contributed by atoms with Crippen molar-refractivity contribution in [2.75, 3.05) is 12.4 Å². The van der Waals surface area contributed by atoms with Crippen molar-refractivity contribution in [2.45, 2.75) is 13.5 Å². The third-order valence-electron chi connectivity index (χ3n) is 2.90. The van der Waals surface area contributed by atoms with Crippen LogP contribution in [0.3, 0.4) is 0 Å². The van der Waals surface area contributed by atoms with Crippen molar-refractivity contribution in [3.63, 3.8) is 0 Å². The molecule has 2 aromatic rings. The summed E-state index contributed by atoms with van der Waals surface area (Å²) >= 11 is 6.14. The molecule has 3 heteroatoms. The number of nitrogens with one attached hydrogen (secondary N) is 1. The highest BCUT2D eigenvalue weighted by Crippen LogP contribution is 2.27. The predicted octanol–water partition coefficient (Wildman–Crippen LogP) is 4.27. The highest BCUT2D eigenvalue weighted by molar-refractivity contribution is 6.33. The van der Waals surface area contributed by atoms with Gasteiger partial charge < -0.3 is 10.1 Å². The van der Waals surface area contributed by atoms with Gasteiger partial charge in [-0.05, 0) is 30.2 Å². The molecule has 0 aliphatic rings. The number of hydrogen-bond acceptors (Lipinski definition) is 2. The average Bonchev–Trinajstić information content (AvgIpc) is 2.39. The predicted molar refractivity (Wildman–Crippen MR) is 76.5 cm³/mol. The van der Waals surface area contributed by atoms with Crippen molar-refractivity contribution in [3.8, 4) is 5.75 Å². The first-order valence-electron chi connectivity index (χ1n) is 5.82. The Morgan fingerprint density at radius 2 is 1.94 bits per heavy atom. The van der Waals surface area contributed by atoms with Crippen molar-refractivity contribution in [2.24, 2.45) is 0 Å². The standard InChI is InChI=1S/C15H16ClNO/c1-11-5-3-4-6-12(11)10-17-15-9-13(18-2)7-8-14(15)16/h3-9,17H,10H2,1-2H3. The first-order chi connectivity index (χ1) is 8.70. The van der Waals surface area contributed by atoms with Gasteiger partial charge in [0, 0.05) is 12.6 Å². The summed E-state index contributed by atoms with van der Waals surface area (Å²) in [5.41, 5.74) is 3.42. The molecule has 0 fully saturated rings. The first kappa shape index (κ1) is 12.8. The first-order valence-corrected chi connectivity index (χ1v) is 6.20. The summed E-state index contributed by atoms with van der Waals surface area (Å²) in [5, 5.41) is 4.03. The van der Waals surface area contributed by atoms with Gasteiger partial charge in [-0.2, -0.15) is 0 Å². The maximum absolute atomic E-state index is 6.14. The normalized spacial score (nSPS) is 10.2. The zero-order valence-corrected chi connectivity index (χ0v) is 11.3. The number of anilines is 1. The number of aryl methyl sites for hydroxylation is 1. The molecule has 0 saturated heterocycles. The molecule has 1 N–H and O–H groups in total. The molecule has 0 atom stereocenters. The van der Waals surface area contributed by atoms with Crippen molar-refractivity contribution < 1.29 is 4.74 Å². The molecule has 0 heterocycles. The van der Waals surface area contributed by atoms with Crippen molar-refractivity contribution in [3.05, 3.63) is 58.6 Å². The third kappa shape index (κ3) is 2.96. The van der Waals surface area contributed by atoms with Gasteiger partial charge in [-0.3, -0.25) is 0 Å². The molecule has 2 nitrogen and oxygen atoms in total. The van der Waals surface area contributed by atoms with Crippen LogP contribution in [-0.4, -0.2) is 7.11 Å². The SMILES string of the molecule is COc1ccc(Cl)c(NCc2ccccc2C)c1. The van der Waals surface area contributed by atoms with Crippen molar-refractivity contribution >= 4 is 17.3 Å². The lowest BCUT2D eigenvalue weighted by Gasteiger charge is -2.11. The van der Waals surface area contributed by atoms with Gasteiger partial charge in [0.25, 0.3) is 0 Å². The number of benzene rings is 2. The monoisotopic (exact) mass is 261 g/mol. The van der Waals surface area contributed by atoms with Crippen LogP contribution in [0.15, 0.2) is 42.5 Å². The van der Waals surface area contributed by atoms with E-state index in [2.05, 4.69) is 24.4 Å². The van der Waals surface area contributed by atoms with E-state index < -0.39 is 0 Å². The van der Waals surface area contributed by atoms with Gasteiger partial charge >= 0.3 is 0 Å². The second kappa shape index (κ2) is 5.78. The molecule has 0 aromatic heterocycles. The zero-order chi connectivity index (χ0) is 13.0. The Morgan fingerprint density at radius 1 is 1.17 bits per heavy atom. The Kier molecular flexibility index (Phi) is 4.11. The van der Waals surface area contributed by atoms with Gasteiger partial charge in [0.15, 0.2) is 0 Å². The Bertz CT molecular complexity index is 540. The van der Waals surface area contributed by atoms with E-state index in [0.29, 0.717) is 5.02 Å². The number of rotatable bonds is 4. The van der Waals surface area contributed by atoms with Gasteiger partial charge in [0.1, 0.15) is 5.75 Å². The molecule has 0 saturated carbocycles. The van der Waals surface area contributed by atoms with Gasteiger partial charge in [-0.25, -0.2) is 0 Å². The molecule has 0 amide bonds. The lowest BCUT2D eigenvalue weighted by molar-refractivity contribution is 0.415. The summed E-state index contributed by atoms with van der Waals surface area (Å²) < 4.78 is 5.19. The molecule has 0 radical (unpaired) electrons. The summed E-state index contributed by atoms with van der Waals surface area (Å²) in [6.45, 7) is 2.85. The molecular weight excluding hydrogens is 246 g/mol. The largest absolute Gasteiger partial charge is 0.497 e. The highest BCUT2D eigenvalue weighted by Gasteiger charge is 2.03. The van der Waals surface area contributed by atoms with Crippen LogP contribution >= 0.6 is 11.6 Å². The fourth-order valence-corrected chi connectivity index (χ4v) is 1.95. The molecule has 0 unspecified atom stereocenters. The van der Waals surface area contributed by atoms with Gasteiger partial charge in [-0.1, -0.05) is 35.9 Å². The Labute approximate surface area is 113 Å². The van der Waals surface area contributed by atoms with Crippen LogP contribution in [0, 0.1) is 6.92 Å². The number of ether oxygens (including phenoxy) is 1. The van der Waals surface area contributed by atoms with E-state index in [4.69, 9.17) is 16.3 Å². The average molecular weight is 262 g/mol. The zero-order valence-electron chi connectivity index (χ0n) is 10.5. The smallest absolute Gasteiger partial charge is 0.121 e. The van der Waals surface area contributed by atoms with Crippen LogP contribution in [0.1, 0.15) is 11.1 Å². The highest BCUT2D eigenvalue weighted by atomic mass is 35.5. The van der Waals surface area contributed by atoms with Crippen LogP contribution in [-0.2, 0) is 6.54 Å². The molecular formula is C15H16ClNO. The number of halogens is 1. The second-order valence-corrected chi connectivity index (χ2v) is 4.53. The minimum absolute atomic E-state index is 0.699. The van der Waals surface area contributed by atoms with Gasteiger partial charge in [-0.15, -0.1) is 0 Å². The van der Waals surface area contributed by atoms with Crippen molar-refractivity contribution in [1.29, 1.82) is 0 Å². The number of hydrogen-bond donors (Lipinski definition) is 1. The van der Waals surface area contributed by atoms with Crippen molar-refractivity contribution in [1.82, 2.24) is 0 Å². The maximum atomic E-state index is 6.14. The molecule has 94 valence electrons. The van der Waals surface area contributed by atoms with E-state index in [1.807, 2.05) is 30.3 Å². The summed E-state index contributed by atoms with van der Waals surface area (Å²) in [7, 11) is 1.65. The Balaban J connectivity index is 2.13. The maximum Gasteiger partial charge on any atom is 0.121 e. The molecule has 0 bridgehead atoms. The fourth-order valence-electron chi connectivity index (χ4n) is 1.77. The van der Waals surface area contributed by atoms with Crippen LogP contribution in [0.2, 0.25) is 5.02 Å². The molecule has 0 spiro atoms. The Morgan fingerprint density at radius 3 is 2.67 bits per heavy atom. The van der Waals surface area contributed by atoms with Crippen LogP contribution in [0.4, 0.5) is 5.69 Å². The van der Waals surface area contributed by atoms with E-state index in [1.54, 1.807) is 7.11 Å².